The van der Waals surface area contributed by atoms with Crippen molar-refractivity contribution in [2.45, 2.75) is 57.2 Å². The van der Waals surface area contributed by atoms with Crippen molar-refractivity contribution in [1.29, 1.82) is 0 Å². The summed E-state index contributed by atoms with van der Waals surface area (Å²) >= 11 is 0. The van der Waals surface area contributed by atoms with Crippen molar-refractivity contribution in [3.05, 3.63) is 0 Å². The lowest BCUT2D eigenvalue weighted by Gasteiger charge is -2.44. The Bertz CT molecular complexity index is 158. The summed E-state index contributed by atoms with van der Waals surface area (Å²) in [6.07, 6.45) is 8.28. The molecule has 1 aliphatic carbocycles. The summed E-state index contributed by atoms with van der Waals surface area (Å²) in [6, 6.07) is 0. The maximum atomic E-state index is 6.20. The zero-order chi connectivity index (χ0) is 9.15. The predicted molar refractivity (Wildman–Crippen MR) is 53.8 cm³/mol. The summed E-state index contributed by atoms with van der Waals surface area (Å²) in [5.74, 6) is 0. The van der Waals surface area contributed by atoms with Gasteiger partial charge in [-0.15, -0.1) is 0 Å². The van der Waals surface area contributed by atoms with E-state index in [1.807, 2.05) is 0 Å². The van der Waals surface area contributed by atoms with Gasteiger partial charge in [0.05, 0.1) is 11.7 Å². The topological polar surface area (TPSA) is 21.3 Å². The Balaban J connectivity index is 1.95. The summed E-state index contributed by atoms with van der Waals surface area (Å²) in [5.41, 5.74) is 0.219. The molecule has 0 aromatic carbocycles. The van der Waals surface area contributed by atoms with E-state index in [1.165, 1.54) is 32.1 Å². The quantitative estimate of drug-likeness (QED) is 0.672. The molecule has 1 aliphatic heterocycles. The molecule has 1 atom stereocenters. The second kappa shape index (κ2) is 3.97. The summed E-state index contributed by atoms with van der Waals surface area (Å²) in [5, 5.41) is 3.52. The minimum atomic E-state index is 0.219. The fourth-order valence-corrected chi connectivity index (χ4v) is 2.62. The van der Waals surface area contributed by atoms with E-state index in [9.17, 15) is 0 Å². The Kier molecular flexibility index (Phi) is 2.89. The first-order valence-corrected chi connectivity index (χ1v) is 5.73. The molecule has 2 aliphatic rings. The third-order valence-electron chi connectivity index (χ3n) is 3.46. The highest BCUT2D eigenvalue weighted by atomic mass is 16.5. The van der Waals surface area contributed by atoms with Crippen LogP contribution in [0.1, 0.15) is 45.4 Å². The average molecular weight is 183 g/mol. The van der Waals surface area contributed by atoms with Crippen LogP contribution in [0.25, 0.3) is 0 Å². The average Bonchev–Trinajstić information content (AvgIpc) is 2.19. The van der Waals surface area contributed by atoms with Gasteiger partial charge >= 0.3 is 0 Å². The monoisotopic (exact) mass is 183 g/mol. The fourth-order valence-electron chi connectivity index (χ4n) is 2.62. The van der Waals surface area contributed by atoms with Crippen molar-refractivity contribution in [2.75, 3.05) is 13.1 Å². The van der Waals surface area contributed by atoms with E-state index in [1.54, 1.807) is 0 Å². The van der Waals surface area contributed by atoms with Gasteiger partial charge in [0.1, 0.15) is 0 Å². The van der Waals surface area contributed by atoms with Gasteiger partial charge in [-0.05, 0) is 19.3 Å². The van der Waals surface area contributed by atoms with E-state index < -0.39 is 0 Å². The number of morpholine rings is 1. The summed E-state index contributed by atoms with van der Waals surface area (Å²) in [6.45, 7) is 4.36. The second-order valence-corrected chi connectivity index (χ2v) is 4.52. The first-order valence-electron chi connectivity index (χ1n) is 5.73. The number of nitrogens with one attached hydrogen (secondary N) is 1. The van der Waals surface area contributed by atoms with Crippen molar-refractivity contribution >= 4 is 0 Å². The van der Waals surface area contributed by atoms with Crippen LogP contribution >= 0.6 is 0 Å². The minimum absolute atomic E-state index is 0.219. The summed E-state index contributed by atoms with van der Waals surface area (Å²) < 4.78 is 6.20. The molecule has 1 unspecified atom stereocenters. The maximum absolute atomic E-state index is 6.20. The fraction of sp³-hybridized carbons (Fsp3) is 1.00. The normalized spacial score (nSPS) is 33.5. The largest absolute Gasteiger partial charge is 0.369 e. The molecule has 1 saturated heterocycles. The molecular weight excluding hydrogens is 162 g/mol. The molecule has 2 heteroatoms. The lowest BCUT2D eigenvalue weighted by molar-refractivity contribution is -0.133. The smallest absolute Gasteiger partial charge is 0.0810 e. The highest BCUT2D eigenvalue weighted by Crippen LogP contribution is 2.34. The van der Waals surface area contributed by atoms with Crippen LogP contribution in [0.5, 0.6) is 0 Å². The molecule has 2 rings (SSSR count). The van der Waals surface area contributed by atoms with Crippen LogP contribution in [0.3, 0.4) is 0 Å². The Labute approximate surface area is 81.0 Å². The van der Waals surface area contributed by atoms with Gasteiger partial charge in [0.25, 0.3) is 0 Å². The van der Waals surface area contributed by atoms with Crippen LogP contribution in [0.15, 0.2) is 0 Å². The standard InChI is InChI=1S/C11H21NO/c1-2-10-8-12-9-11(13-10)6-4-3-5-7-11/h10,12H,2-9H2,1H3. The van der Waals surface area contributed by atoms with Crippen molar-refractivity contribution < 1.29 is 4.74 Å². The third kappa shape index (κ3) is 2.05. The van der Waals surface area contributed by atoms with Gasteiger partial charge < -0.3 is 10.1 Å². The molecule has 2 nitrogen and oxygen atoms in total. The first-order chi connectivity index (χ1) is 6.35. The molecule has 13 heavy (non-hydrogen) atoms. The molecule has 0 aromatic rings. The lowest BCUT2D eigenvalue weighted by Crippen LogP contribution is -2.54. The van der Waals surface area contributed by atoms with E-state index >= 15 is 0 Å². The van der Waals surface area contributed by atoms with E-state index in [-0.39, 0.29) is 5.60 Å². The minimum Gasteiger partial charge on any atom is -0.369 e. The van der Waals surface area contributed by atoms with Gasteiger partial charge in [0.2, 0.25) is 0 Å². The van der Waals surface area contributed by atoms with E-state index in [4.69, 9.17) is 4.74 Å². The van der Waals surface area contributed by atoms with E-state index in [0.717, 1.165) is 19.5 Å². The molecule has 0 aromatic heterocycles. The molecule has 0 amide bonds. The first kappa shape index (κ1) is 9.47. The van der Waals surface area contributed by atoms with Crippen LogP contribution < -0.4 is 5.32 Å². The van der Waals surface area contributed by atoms with Crippen LogP contribution in [0.4, 0.5) is 0 Å². The number of hydrogen-bond donors (Lipinski definition) is 1. The van der Waals surface area contributed by atoms with Gasteiger partial charge in [-0.3, -0.25) is 0 Å². The van der Waals surface area contributed by atoms with Crippen molar-refractivity contribution in [1.82, 2.24) is 5.32 Å². The molecular formula is C11H21NO. The molecule has 76 valence electrons. The molecule has 1 saturated carbocycles. The molecule has 0 bridgehead atoms. The Morgan fingerprint density at radius 1 is 1.31 bits per heavy atom. The van der Waals surface area contributed by atoms with E-state index in [2.05, 4.69) is 12.2 Å². The molecule has 0 radical (unpaired) electrons. The van der Waals surface area contributed by atoms with Crippen LogP contribution in [-0.2, 0) is 4.74 Å². The summed E-state index contributed by atoms with van der Waals surface area (Å²) in [7, 11) is 0. The predicted octanol–water partition coefficient (Wildman–Crippen LogP) is 2.09. The summed E-state index contributed by atoms with van der Waals surface area (Å²) in [4.78, 5) is 0. The zero-order valence-corrected chi connectivity index (χ0v) is 8.64. The zero-order valence-electron chi connectivity index (χ0n) is 8.64. The van der Waals surface area contributed by atoms with Gasteiger partial charge in [0, 0.05) is 13.1 Å². The molecule has 1 spiro atoms. The van der Waals surface area contributed by atoms with Crippen molar-refractivity contribution in [3.63, 3.8) is 0 Å². The number of rotatable bonds is 1. The molecule has 1 N–H and O–H groups in total. The highest BCUT2D eigenvalue weighted by molar-refractivity contribution is 4.91. The van der Waals surface area contributed by atoms with Gasteiger partial charge in [-0.2, -0.15) is 0 Å². The lowest BCUT2D eigenvalue weighted by atomic mass is 9.83. The van der Waals surface area contributed by atoms with Crippen LogP contribution in [-0.4, -0.2) is 24.8 Å². The van der Waals surface area contributed by atoms with Crippen LogP contribution in [0.2, 0.25) is 0 Å². The van der Waals surface area contributed by atoms with E-state index in [0.29, 0.717) is 6.10 Å². The van der Waals surface area contributed by atoms with Crippen LogP contribution in [0, 0.1) is 0 Å². The Morgan fingerprint density at radius 3 is 2.77 bits per heavy atom. The third-order valence-corrected chi connectivity index (χ3v) is 3.46. The van der Waals surface area contributed by atoms with Crippen molar-refractivity contribution in [2.24, 2.45) is 0 Å². The maximum Gasteiger partial charge on any atom is 0.0810 e. The number of ether oxygens (including phenoxy) is 1. The van der Waals surface area contributed by atoms with Gasteiger partial charge in [-0.25, -0.2) is 0 Å². The van der Waals surface area contributed by atoms with Gasteiger partial charge in [-0.1, -0.05) is 26.2 Å². The van der Waals surface area contributed by atoms with Gasteiger partial charge in [0.15, 0.2) is 0 Å². The molecule has 1 heterocycles. The highest BCUT2D eigenvalue weighted by Gasteiger charge is 2.37. The Morgan fingerprint density at radius 2 is 2.08 bits per heavy atom. The number of hydrogen-bond acceptors (Lipinski definition) is 2. The SMILES string of the molecule is CCC1CNCC2(CCCCC2)O1. The molecule has 2 fully saturated rings. The second-order valence-electron chi connectivity index (χ2n) is 4.52. The Hall–Kier alpha value is -0.0800. The van der Waals surface area contributed by atoms with Crippen molar-refractivity contribution in [3.8, 4) is 0 Å².